The molecule has 0 radical (unpaired) electrons. The van der Waals surface area contributed by atoms with E-state index in [-0.39, 0.29) is 17.7 Å². The van der Waals surface area contributed by atoms with Gasteiger partial charge in [0.25, 0.3) is 5.91 Å². The molecule has 1 aliphatic rings. The maximum absolute atomic E-state index is 13.2. The number of carbonyl (C=O) groups is 3. The maximum Gasteiger partial charge on any atom is 0.253 e. The first kappa shape index (κ1) is 31.7. The van der Waals surface area contributed by atoms with Crippen LogP contribution in [0.15, 0.2) is 67.0 Å². The molecular formula is C34H43N5O4. The number of anilines is 2. The van der Waals surface area contributed by atoms with Crippen LogP contribution < -0.4 is 14.5 Å². The highest BCUT2D eigenvalue weighted by molar-refractivity contribution is 6.20. The van der Waals surface area contributed by atoms with E-state index in [1.54, 1.807) is 48.0 Å². The van der Waals surface area contributed by atoms with Gasteiger partial charge in [-0.3, -0.25) is 24.3 Å². The molecule has 0 atom stereocenters. The summed E-state index contributed by atoms with van der Waals surface area (Å²) in [4.78, 5) is 50.8. The SMILES string of the molecule is CCN1C(=O)C(C)(C)C(=O)N(C)c2cc(OCCCN(CCN(C)C(=O)c3ccccc3C)Cc3ccncc3)ccc21. The van der Waals surface area contributed by atoms with Crippen molar-refractivity contribution in [3.05, 3.63) is 83.7 Å². The molecule has 0 saturated heterocycles. The number of nitrogens with zero attached hydrogens (tertiary/aromatic N) is 5. The molecule has 3 aromatic rings. The first-order valence-electron chi connectivity index (χ1n) is 14.8. The fraction of sp³-hybridized carbons (Fsp3) is 0.412. The quantitative estimate of drug-likeness (QED) is 0.225. The van der Waals surface area contributed by atoms with Crippen LogP contribution in [0.1, 0.15) is 48.7 Å². The van der Waals surface area contributed by atoms with E-state index in [2.05, 4.69) is 9.88 Å². The first-order valence-corrected chi connectivity index (χ1v) is 14.8. The second kappa shape index (κ2) is 13.8. The molecule has 9 heteroatoms. The molecule has 0 bridgehead atoms. The fourth-order valence-electron chi connectivity index (χ4n) is 5.38. The van der Waals surface area contributed by atoms with Gasteiger partial charge in [-0.1, -0.05) is 18.2 Å². The Kier molecular flexibility index (Phi) is 10.2. The van der Waals surface area contributed by atoms with Crippen LogP contribution in [0.5, 0.6) is 5.75 Å². The van der Waals surface area contributed by atoms with Crippen LogP contribution in [-0.2, 0) is 16.1 Å². The van der Waals surface area contributed by atoms with Crippen LogP contribution in [0.3, 0.4) is 0 Å². The number of rotatable bonds is 12. The number of hydrogen-bond donors (Lipinski definition) is 0. The van der Waals surface area contributed by atoms with Crippen molar-refractivity contribution in [2.45, 2.75) is 40.7 Å². The lowest BCUT2D eigenvalue weighted by molar-refractivity contribution is -0.137. The molecule has 3 amide bonds. The van der Waals surface area contributed by atoms with Crippen LogP contribution in [0.25, 0.3) is 0 Å². The summed E-state index contributed by atoms with van der Waals surface area (Å²) in [6.07, 6.45) is 4.34. The van der Waals surface area contributed by atoms with Gasteiger partial charge >= 0.3 is 0 Å². The van der Waals surface area contributed by atoms with E-state index in [0.29, 0.717) is 43.4 Å². The summed E-state index contributed by atoms with van der Waals surface area (Å²) in [7, 11) is 3.55. The summed E-state index contributed by atoms with van der Waals surface area (Å²) >= 11 is 0. The molecule has 0 fully saturated rings. The van der Waals surface area contributed by atoms with Gasteiger partial charge in [-0.15, -0.1) is 0 Å². The van der Waals surface area contributed by atoms with Crippen LogP contribution >= 0.6 is 0 Å². The van der Waals surface area contributed by atoms with Crippen LogP contribution in [0.4, 0.5) is 11.4 Å². The van der Waals surface area contributed by atoms with Crippen LogP contribution in [0, 0.1) is 12.3 Å². The van der Waals surface area contributed by atoms with Crippen LogP contribution in [0.2, 0.25) is 0 Å². The monoisotopic (exact) mass is 585 g/mol. The number of pyridine rings is 1. The van der Waals surface area contributed by atoms with Gasteiger partial charge in [-0.25, -0.2) is 0 Å². The number of ether oxygens (including phenoxy) is 1. The largest absolute Gasteiger partial charge is 0.493 e. The molecule has 43 heavy (non-hydrogen) atoms. The average Bonchev–Trinajstić information content (AvgIpc) is 3.06. The van der Waals surface area contributed by atoms with E-state index in [9.17, 15) is 14.4 Å². The van der Waals surface area contributed by atoms with Gasteiger partial charge < -0.3 is 19.4 Å². The minimum atomic E-state index is -1.15. The molecule has 228 valence electrons. The van der Waals surface area contributed by atoms with Gasteiger partial charge in [0.2, 0.25) is 11.8 Å². The van der Waals surface area contributed by atoms with Crippen molar-refractivity contribution in [3.63, 3.8) is 0 Å². The highest BCUT2D eigenvalue weighted by Gasteiger charge is 2.45. The van der Waals surface area contributed by atoms with E-state index in [0.717, 1.165) is 36.2 Å². The lowest BCUT2D eigenvalue weighted by Crippen LogP contribution is -2.47. The topological polar surface area (TPSA) is 86.3 Å². The Balaban J connectivity index is 1.39. The number of benzene rings is 2. The number of fused-ring (bicyclic) bond motifs is 1. The Hall–Kier alpha value is -4.24. The van der Waals surface area contributed by atoms with Crippen molar-refractivity contribution in [3.8, 4) is 5.75 Å². The number of carbonyl (C=O) groups excluding carboxylic acids is 3. The fourth-order valence-corrected chi connectivity index (χ4v) is 5.38. The highest BCUT2D eigenvalue weighted by Crippen LogP contribution is 2.40. The lowest BCUT2D eigenvalue weighted by Gasteiger charge is -2.27. The van der Waals surface area contributed by atoms with Crippen LogP contribution in [-0.4, -0.2) is 79.4 Å². The van der Waals surface area contributed by atoms with Gasteiger partial charge in [0, 0.05) is 70.8 Å². The summed E-state index contributed by atoms with van der Waals surface area (Å²) in [6.45, 7) is 11.0. The second-order valence-corrected chi connectivity index (χ2v) is 11.6. The molecule has 1 aromatic heterocycles. The third-order valence-corrected chi connectivity index (χ3v) is 8.05. The van der Waals surface area contributed by atoms with Crippen molar-refractivity contribution in [1.29, 1.82) is 0 Å². The zero-order valence-corrected chi connectivity index (χ0v) is 26.2. The number of aryl methyl sites for hydroxylation is 1. The van der Waals surface area contributed by atoms with Gasteiger partial charge in [0.15, 0.2) is 0 Å². The Labute approximate surface area is 255 Å². The maximum atomic E-state index is 13.2. The molecule has 4 rings (SSSR count). The molecule has 0 N–H and O–H groups in total. The molecule has 2 aromatic carbocycles. The Morgan fingerprint density at radius 1 is 0.953 bits per heavy atom. The molecule has 9 nitrogen and oxygen atoms in total. The van der Waals surface area contributed by atoms with E-state index in [1.807, 2.05) is 75.5 Å². The third kappa shape index (κ3) is 7.22. The highest BCUT2D eigenvalue weighted by atomic mass is 16.5. The number of amides is 3. The van der Waals surface area contributed by atoms with E-state index in [1.165, 1.54) is 0 Å². The van der Waals surface area contributed by atoms with Crippen molar-refractivity contribution in [2.75, 3.05) is 56.7 Å². The van der Waals surface area contributed by atoms with E-state index < -0.39 is 5.41 Å². The average molecular weight is 586 g/mol. The zero-order valence-electron chi connectivity index (χ0n) is 26.2. The normalized spacial score (nSPS) is 14.5. The summed E-state index contributed by atoms with van der Waals surface area (Å²) in [5.41, 5.74) is 3.05. The summed E-state index contributed by atoms with van der Waals surface area (Å²) in [5.74, 6) is 0.207. The van der Waals surface area contributed by atoms with Crippen molar-refractivity contribution < 1.29 is 19.1 Å². The minimum Gasteiger partial charge on any atom is -0.493 e. The Morgan fingerprint density at radius 3 is 2.37 bits per heavy atom. The predicted octanol–water partition coefficient (Wildman–Crippen LogP) is 4.79. The molecule has 1 aliphatic heterocycles. The number of hydrogen-bond acceptors (Lipinski definition) is 6. The molecule has 0 saturated carbocycles. The molecule has 0 spiro atoms. The smallest absolute Gasteiger partial charge is 0.253 e. The zero-order chi connectivity index (χ0) is 31.1. The summed E-state index contributed by atoms with van der Waals surface area (Å²) in [6, 6.07) is 17.2. The Morgan fingerprint density at radius 2 is 1.67 bits per heavy atom. The van der Waals surface area contributed by atoms with Crippen molar-refractivity contribution >= 4 is 29.1 Å². The van der Waals surface area contributed by atoms with Gasteiger partial charge in [-0.2, -0.15) is 0 Å². The molecule has 0 aliphatic carbocycles. The van der Waals surface area contributed by atoms with Gasteiger partial charge in [0.1, 0.15) is 11.2 Å². The summed E-state index contributed by atoms with van der Waals surface area (Å²) in [5, 5.41) is 0. The van der Waals surface area contributed by atoms with E-state index >= 15 is 0 Å². The van der Waals surface area contributed by atoms with Gasteiger partial charge in [-0.05, 0) is 75.6 Å². The lowest BCUT2D eigenvalue weighted by atomic mass is 9.90. The van der Waals surface area contributed by atoms with Crippen molar-refractivity contribution in [1.82, 2.24) is 14.8 Å². The predicted molar refractivity (Wildman–Crippen MR) is 169 cm³/mol. The third-order valence-electron chi connectivity index (χ3n) is 8.05. The molecular weight excluding hydrogens is 542 g/mol. The van der Waals surface area contributed by atoms with Crippen molar-refractivity contribution in [2.24, 2.45) is 5.41 Å². The standard InChI is InChI=1S/C34H43N5O4/c1-7-39-29-14-13-27(23-30(29)37(6)32(41)34(3,4)33(39)42)43-22-10-19-38(24-26-15-17-35-18-16-26)21-20-36(5)31(40)28-12-9-8-11-25(28)2/h8-9,11-18,23H,7,10,19-22,24H2,1-6H3. The van der Waals surface area contributed by atoms with E-state index in [4.69, 9.17) is 4.74 Å². The minimum absolute atomic E-state index is 0.0173. The number of likely N-dealkylation sites (N-methyl/N-ethyl adjacent to an activating group) is 1. The molecule has 0 unspecified atom stereocenters. The second-order valence-electron chi connectivity index (χ2n) is 11.6. The van der Waals surface area contributed by atoms with Gasteiger partial charge in [0.05, 0.1) is 18.0 Å². The molecule has 2 heterocycles. The Bertz CT molecular complexity index is 1440. The first-order chi connectivity index (χ1) is 20.5. The summed E-state index contributed by atoms with van der Waals surface area (Å²) < 4.78 is 6.14. The number of aromatic nitrogens is 1.